The van der Waals surface area contributed by atoms with E-state index in [1.807, 2.05) is 0 Å². The molecular weight excluding hydrogens is 228 g/mol. The van der Waals surface area contributed by atoms with Gasteiger partial charge in [0.2, 0.25) is 5.91 Å². The summed E-state index contributed by atoms with van der Waals surface area (Å²) < 4.78 is 0. The van der Waals surface area contributed by atoms with Crippen molar-refractivity contribution in [3.8, 4) is 5.75 Å². The van der Waals surface area contributed by atoms with E-state index in [-0.39, 0.29) is 17.2 Å². The minimum Gasteiger partial charge on any atom is -0.508 e. The summed E-state index contributed by atoms with van der Waals surface area (Å²) in [6.07, 6.45) is 0.453. The molecule has 0 saturated carbocycles. The van der Waals surface area contributed by atoms with Gasteiger partial charge in [-0.1, -0.05) is 0 Å². The lowest BCUT2D eigenvalue weighted by Gasteiger charge is -2.22. The standard InChI is InChI=1S/C14H22N2O2/c1-14(2,3)15-10-9-13(18)16(4)11-5-7-12(17)8-6-11/h5-8,15,17H,9-10H2,1-4H3. The summed E-state index contributed by atoms with van der Waals surface area (Å²) in [7, 11) is 1.74. The Hall–Kier alpha value is -1.55. The number of hydrogen-bond acceptors (Lipinski definition) is 3. The summed E-state index contributed by atoms with van der Waals surface area (Å²) in [5.74, 6) is 0.256. The maximum Gasteiger partial charge on any atom is 0.227 e. The van der Waals surface area contributed by atoms with Crippen LogP contribution in [0.3, 0.4) is 0 Å². The SMILES string of the molecule is CN(C(=O)CCNC(C)(C)C)c1ccc(O)cc1. The van der Waals surface area contributed by atoms with Gasteiger partial charge in [0.15, 0.2) is 0 Å². The lowest BCUT2D eigenvalue weighted by molar-refractivity contribution is -0.118. The number of aromatic hydroxyl groups is 1. The first kappa shape index (κ1) is 14.5. The van der Waals surface area contributed by atoms with Gasteiger partial charge < -0.3 is 15.3 Å². The Morgan fingerprint density at radius 2 is 1.83 bits per heavy atom. The zero-order valence-electron chi connectivity index (χ0n) is 11.5. The van der Waals surface area contributed by atoms with Gasteiger partial charge in [0, 0.05) is 31.2 Å². The van der Waals surface area contributed by atoms with E-state index in [0.29, 0.717) is 13.0 Å². The predicted molar refractivity (Wildman–Crippen MR) is 73.9 cm³/mol. The van der Waals surface area contributed by atoms with Crippen LogP contribution in [-0.2, 0) is 4.79 Å². The van der Waals surface area contributed by atoms with Crippen LogP contribution < -0.4 is 10.2 Å². The molecule has 0 unspecified atom stereocenters. The van der Waals surface area contributed by atoms with E-state index in [2.05, 4.69) is 26.1 Å². The second-order valence-corrected chi connectivity index (χ2v) is 5.40. The molecule has 1 rings (SSSR count). The zero-order valence-corrected chi connectivity index (χ0v) is 11.5. The van der Waals surface area contributed by atoms with Gasteiger partial charge >= 0.3 is 0 Å². The quantitative estimate of drug-likeness (QED) is 0.860. The van der Waals surface area contributed by atoms with Crippen molar-refractivity contribution in [2.45, 2.75) is 32.7 Å². The number of anilines is 1. The number of carbonyl (C=O) groups excluding carboxylic acids is 1. The largest absolute Gasteiger partial charge is 0.508 e. The lowest BCUT2D eigenvalue weighted by Crippen LogP contribution is -2.38. The number of amides is 1. The number of carbonyl (C=O) groups is 1. The van der Waals surface area contributed by atoms with E-state index in [1.165, 1.54) is 0 Å². The monoisotopic (exact) mass is 250 g/mol. The summed E-state index contributed by atoms with van der Waals surface area (Å²) in [4.78, 5) is 13.5. The number of phenols is 1. The highest BCUT2D eigenvalue weighted by Gasteiger charge is 2.13. The topological polar surface area (TPSA) is 52.6 Å². The molecule has 0 aliphatic heterocycles. The third kappa shape index (κ3) is 4.75. The first-order chi connectivity index (χ1) is 8.29. The Morgan fingerprint density at radius 1 is 1.28 bits per heavy atom. The fourth-order valence-corrected chi connectivity index (χ4v) is 1.53. The van der Waals surface area contributed by atoms with E-state index < -0.39 is 0 Å². The van der Waals surface area contributed by atoms with Crippen molar-refractivity contribution < 1.29 is 9.90 Å². The van der Waals surface area contributed by atoms with Gasteiger partial charge in [-0.05, 0) is 45.0 Å². The molecule has 18 heavy (non-hydrogen) atoms. The van der Waals surface area contributed by atoms with Crippen molar-refractivity contribution in [1.82, 2.24) is 5.32 Å². The normalized spacial score (nSPS) is 11.3. The molecule has 0 aromatic heterocycles. The molecule has 0 spiro atoms. The smallest absolute Gasteiger partial charge is 0.227 e. The Bertz CT molecular complexity index is 393. The van der Waals surface area contributed by atoms with Crippen LogP contribution in [0.1, 0.15) is 27.2 Å². The molecule has 0 atom stereocenters. The number of phenolic OH excluding ortho intramolecular Hbond substituents is 1. The highest BCUT2D eigenvalue weighted by molar-refractivity contribution is 5.92. The van der Waals surface area contributed by atoms with Crippen molar-refractivity contribution in [2.24, 2.45) is 0 Å². The zero-order chi connectivity index (χ0) is 13.8. The number of benzene rings is 1. The van der Waals surface area contributed by atoms with E-state index >= 15 is 0 Å². The molecule has 4 heteroatoms. The highest BCUT2D eigenvalue weighted by atomic mass is 16.3. The molecule has 0 saturated heterocycles. The Morgan fingerprint density at radius 3 is 2.33 bits per heavy atom. The van der Waals surface area contributed by atoms with Crippen molar-refractivity contribution in [3.63, 3.8) is 0 Å². The van der Waals surface area contributed by atoms with Gasteiger partial charge in [0.05, 0.1) is 0 Å². The van der Waals surface area contributed by atoms with Crippen molar-refractivity contribution in [1.29, 1.82) is 0 Å². The highest BCUT2D eigenvalue weighted by Crippen LogP contribution is 2.17. The summed E-state index contributed by atoms with van der Waals surface area (Å²) in [5, 5.41) is 12.5. The Balaban J connectivity index is 2.49. The van der Waals surface area contributed by atoms with Gasteiger partial charge in [-0.3, -0.25) is 4.79 Å². The molecule has 1 aromatic rings. The van der Waals surface area contributed by atoms with E-state index in [0.717, 1.165) is 5.69 Å². The summed E-state index contributed by atoms with van der Waals surface area (Å²) >= 11 is 0. The Labute approximate surface area is 109 Å². The maximum absolute atomic E-state index is 11.9. The number of rotatable bonds is 4. The average Bonchev–Trinajstić information content (AvgIpc) is 2.27. The molecular formula is C14H22N2O2. The van der Waals surface area contributed by atoms with E-state index in [1.54, 1.807) is 36.2 Å². The van der Waals surface area contributed by atoms with Gasteiger partial charge in [0.1, 0.15) is 5.75 Å². The first-order valence-electron chi connectivity index (χ1n) is 6.10. The fourth-order valence-electron chi connectivity index (χ4n) is 1.53. The van der Waals surface area contributed by atoms with Crippen LogP contribution in [0.15, 0.2) is 24.3 Å². The molecule has 0 bridgehead atoms. The minimum absolute atomic E-state index is 0.0252. The number of nitrogens with zero attached hydrogens (tertiary/aromatic N) is 1. The predicted octanol–water partition coefficient (Wildman–Crippen LogP) is 2.13. The number of hydrogen-bond donors (Lipinski definition) is 2. The van der Waals surface area contributed by atoms with Crippen molar-refractivity contribution in [3.05, 3.63) is 24.3 Å². The van der Waals surface area contributed by atoms with Gasteiger partial charge in [-0.25, -0.2) is 0 Å². The second-order valence-electron chi connectivity index (χ2n) is 5.40. The first-order valence-corrected chi connectivity index (χ1v) is 6.10. The maximum atomic E-state index is 11.9. The fraction of sp³-hybridized carbons (Fsp3) is 0.500. The molecule has 1 aromatic carbocycles. The molecule has 100 valence electrons. The minimum atomic E-state index is 0.0252. The third-order valence-corrected chi connectivity index (χ3v) is 2.61. The van der Waals surface area contributed by atoms with E-state index in [4.69, 9.17) is 0 Å². The van der Waals surface area contributed by atoms with Crippen LogP contribution in [0.2, 0.25) is 0 Å². The van der Waals surface area contributed by atoms with Crippen LogP contribution in [0.25, 0.3) is 0 Å². The van der Waals surface area contributed by atoms with Crippen LogP contribution in [0.5, 0.6) is 5.75 Å². The molecule has 0 fully saturated rings. The molecule has 0 aliphatic carbocycles. The van der Waals surface area contributed by atoms with E-state index in [9.17, 15) is 9.90 Å². The van der Waals surface area contributed by atoms with Crippen molar-refractivity contribution in [2.75, 3.05) is 18.5 Å². The molecule has 2 N–H and O–H groups in total. The van der Waals surface area contributed by atoms with Gasteiger partial charge in [-0.2, -0.15) is 0 Å². The lowest BCUT2D eigenvalue weighted by atomic mass is 10.1. The van der Waals surface area contributed by atoms with Crippen LogP contribution in [0.4, 0.5) is 5.69 Å². The summed E-state index contributed by atoms with van der Waals surface area (Å²) in [6.45, 7) is 6.87. The van der Waals surface area contributed by atoms with Gasteiger partial charge in [0.25, 0.3) is 0 Å². The van der Waals surface area contributed by atoms with Crippen LogP contribution >= 0.6 is 0 Å². The van der Waals surface area contributed by atoms with Crippen molar-refractivity contribution >= 4 is 11.6 Å². The molecule has 0 radical (unpaired) electrons. The molecule has 0 aliphatic rings. The third-order valence-electron chi connectivity index (χ3n) is 2.61. The second kappa shape index (κ2) is 5.87. The number of nitrogens with one attached hydrogen (secondary N) is 1. The molecule has 1 amide bonds. The summed E-state index contributed by atoms with van der Waals surface area (Å²) in [6, 6.07) is 6.61. The summed E-state index contributed by atoms with van der Waals surface area (Å²) in [5.41, 5.74) is 0.811. The molecule has 4 nitrogen and oxygen atoms in total. The Kier molecular flexibility index (Phi) is 4.73. The van der Waals surface area contributed by atoms with Crippen LogP contribution in [-0.4, -0.2) is 30.1 Å². The molecule has 0 heterocycles. The van der Waals surface area contributed by atoms with Gasteiger partial charge in [-0.15, -0.1) is 0 Å². The average molecular weight is 250 g/mol. The van der Waals surface area contributed by atoms with Crippen LogP contribution in [0, 0.1) is 0 Å².